The zero-order valence-corrected chi connectivity index (χ0v) is 11.7. The molecule has 0 amide bonds. The lowest BCUT2D eigenvalue weighted by Crippen LogP contribution is -2.40. The molecule has 2 heterocycles. The second-order valence-electron chi connectivity index (χ2n) is 5.31. The molecule has 0 radical (unpaired) electrons. The van der Waals surface area contributed by atoms with E-state index in [-0.39, 0.29) is 0 Å². The Balaban J connectivity index is 1.58. The lowest BCUT2D eigenvalue weighted by atomic mass is 10.0. The first-order chi connectivity index (χ1) is 9.83. The van der Waals surface area contributed by atoms with Gasteiger partial charge in [0.15, 0.2) is 0 Å². The Morgan fingerprint density at radius 2 is 2.10 bits per heavy atom. The Kier molecular flexibility index (Phi) is 3.92. The van der Waals surface area contributed by atoms with Crippen LogP contribution in [0.15, 0.2) is 30.6 Å². The maximum atomic E-state index is 3.87. The van der Waals surface area contributed by atoms with Crippen LogP contribution in [0, 0.1) is 0 Å². The van der Waals surface area contributed by atoms with E-state index in [1.54, 1.807) is 11.0 Å². The van der Waals surface area contributed by atoms with Gasteiger partial charge in [0.05, 0.1) is 5.69 Å². The van der Waals surface area contributed by atoms with Gasteiger partial charge in [-0.15, -0.1) is 5.10 Å². The fourth-order valence-corrected chi connectivity index (χ4v) is 2.65. The van der Waals surface area contributed by atoms with Gasteiger partial charge in [0, 0.05) is 18.3 Å². The molecule has 6 nitrogen and oxygen atoms in total. The average molecular weight is 272 g/mol. The summed E-state index contributed by atoms with van der Waals surface area (Å²) in [6.45, 7) is 2.21. The number of aromatic nitrogens is 4. The van der Waals surface area contributed by atoms with Gasteiger partial charge in [0.25, 0.3) is 0 Å². The van der Waals surface area contributed by atoms with Crippen LogP contribution in [0.1, 0.15) is 19.3 Å². The quantitative estimate of drug-likeness (QED) is 0.915. The third-order valence-corrected chi connectivity index (χ3v) is 3.94. The highest BCUT2D eigenvalue weighted by molar-refractivity contribution is 5.48. The maximum absolute atomic E-state index is 3.87. The number of likely N-dealkylation sites (N-methyl/N-ethyl adjacent to an activating group) is 1. The van der Waals surface area contributed by atoms with Crippen LogP contribution in [0.5, 0.6) is 0 Å². The topological polar surface area (TPSA) is 58.9 Å². The second-order valence-corrected chi connectivity index (χ2v) is 5.31. The molecule has 1 aromatic carbocycles. The average Bonchev–Trinajstić information content (AvgIpc) is 3.01. The monoisotopic (exact) mass is 272 g/mol. The minimum Gasteiger partial charge on any atom is -0.383 e. The van der Waals surface area contributed by atoms with Gasteiger partial charge in [-0.1, -0.05) is 6.42 Å². The van der Waals surface area contributed by atoms with E-state index in [9.17, 15) is 0 Å². The Morgan fingerprint density at radius 3 is 2.80 bits per heavy atom. The first-order valence-corrected chi connectivity index (χ1v) is 7.10. The van der Waals surface area contributed by atoms with Crippen molar-refractivity contribution in [1.29, 1.82) is 0 Å². The lowest BCUT2D eigenvalue weighted by molar-refractivity contribution is 0.194. The van der Waals surface area contributed by atoms with Crippen molar-refractivity contribution in [2.75, 3.05) is 25.5 Å². The van der Waals surface area contributed by atoms with Crippen LogP contribution < -0.4 is 5.32 Å². The summed E-state index contributed by atoms with van der Waals surface area (Å²) in [5, 5.41) is 14.7. The van der Waals surface area contributed by atoms with E-state index in [0.717, 1.165) is 17.9 Å². The predicted molar refractivity (Wildman–Crippen MR) is 77.9 cm³/mol. The number of tetrazole rings is 1. The van der Waals surface area contributed by atoms with E-state index in [1.165, 1.54) is 25.8 Å². The van der Waals surface area contributed by atoms with E-state index in [0.29, 0.717) is 6.04 Å². The first kappa shape index (κ1) is 13.1. The standard InChI is InChI=1S/C14H20N6/c1-19-9-3-2-4-14(19)10-15-12-5-7-13(8-6-12)20-11-16-17-18-20/h5-8,11,14-15H,2-4,9-10H2,1H3. The molecule has 1 aliphatic rings. The molecule has 1 aliphatic heterocycles. The minimum atomic E-state index is 0.642. The normalized spacial score (nSPS) is 19.9. The molecule has 1 saturated heterocycles. The van der Waals surface area contributed by atoms with Crippen molar-refractivity contribution >= 4 is 5.69 Å². The number of hydrogen-bond donors (Lipinski definition) is 1. The molecule has 0 aliphatic carbocycles. The number of piperidine rings is 1. The van der Waals surface area contributed by atoms with E-state index >= 15 is 0 Å². The molecule has 6 heteroatoms. The Bertz CT molecular complexity index is 521. The molecule has 2 aromatic rings. The largest absolute Gasteiger partial charge is 0.383 e. The van der Waals surface area contributed by atoms with E-state index in [4.69, 9.17) is 0 Å². The molecule has 20 heavy (non-hydrogen) atoms. The van der Waals surface area contributed by atoms with Gasteiger partial charge >= 0.3 is 0 Å². The molecular formula is C14H20N6. The fraction of sp³-hybridized carbons (Fsp3) is 0.500. The van der Waals surface area contributed by atoms with Crippen molar-refractivity contribution in [1.82, 2.24) is 25.1 Å². The molecule has 3 rings (SSSR count). The molecule has 1 unspecified atom stereocenters. The Labute approximate surface area is 118 Å². The van der Waals surface area contributed by atoms with E-state index in [1.807, 2.05) is 12.1 Å². The highest BCUT2D eigenvalue weighted by Crippen LogP contribution is 2.17. The van der Waals surface area contributed by atoms with Gasteiger partial charge in [-0.2, -0.15) is 0 Å². The number of benzene rings is 1. The smallest absolute Gasteiger partial charge is 0.143 e. The van der Waals surface area contributed by atoms with Crippen LogP contribution in [0.25, 0.3) is 5.69 Å². The summed E-state index contributed by atoms with van der Waals surface area (Å²) in [7, 11) is 2.21. The van der Waals surface area contributed by atoms with Gasteiger partial charge < -0.3 is 10.2 Å². The van der Waals surface area contributed by atoms with Gasteiger partial charge in [-0.3, -0.25) is 0 Å². The number of nitrogens with zero attached hydrogens (tertiary/aromatic N) is 5. The minimum absolute atomic E-state index is 0.642. The molecular weight excluding hydrogens is 252 g/mol. The van der Waals surface area contributed by atoms with Gasteiger partial charge in [-0.05, 0) is 61.1 Å². The van der Waals surface area contributed by atoms with Gasteiger partial charge in [0.2, 0.25) is 0 Å². The van der Waals surface area contributed by atoms with Crippen LogP contribution in [-0.4, -0.2) is 51.3 Å². The maximum Gasteiger partial charge on any atom is 0.143 e. The van der Waals surface area contributed by atoms with E-state index < -0.39 is 0 Å². The second kappa shape index (κ2) is 6.00. The molecule has 0 saturated carbocycles. The number of nitrogens with one attached hydrogen (secondary N) is 1. The summed E-state index contributed by atoms with van der Waals surface area (Å²) in [6.07, 6.45) is 5.55. The summed E-state index contributed by atoms with van der Waals surface area (Å²) < 4.78 is 1.65. The van der Waals surface area contributed by atoms with Crippen LogP contribution in [0.3, 0.4) is 0 Å². The molecule has 0 bridgehead atoms. The van der Waals surface area contributed by atoms with Crippen molar-refractivity contribution in [3.8, 4) is 5.69 Å². The Morgan fingerprint density at radius 1 is 1.25 bits per heavy atom. The van der Waals surface area contributed by atoms with Crippen molar-refractivity contribution in [2.45, 2.75) is 25.3 Å². The molecule has 1 atom stereocenters. The molecule has 1 N–H and O–H groups in total. The van der Waals surface area contributed by atoms with Crippen LogP contribution in [0.2, 0.25) is 0 Å². The van der Waals surface area contributed by atoms with Crippen LogP contribution >= 0.6 is 0 Å². The zero-order chi connectivity index (χ0) is 13.8. The van der Waals surface area contributed by atoms with Gasteiger partial charge in [0.1, 0.15) is 6.33 Å². The third-order valence-electron chi connectivity index (χ3n) is 3.94. The lowest BCUT2D eigenvalue weighted by Gasteiger charge is -2.32. The summed E-state index contributed by atoms with van der Waals surface area (Å²) in [5.41, 5.74) is 2.11. The van der Waals surface area contributed by atoms with Crippen molar-refractivity contribution in [3.05, 3.63) is 30.6 Å². The van der Waals surface area contributed by atoms with Crippen molar-refractivity contribution < 1.29 is 0 Å². The summed E-state index contributed by atoms with van der Waals surface area (Å²) >= 11 is 0. The van der Waals surface area contributed by atoms with Crippen molar-refractivity contribution in [2.24, 2.45) is 0 Å². The van der Waals surface area contributed by atoms with Gasteiger partial charge in [-0.25, -0.2) is 4.68 Å². The van der Waals surface area contributed by atoms with E-state index in [2.05, 4.69) is 44.9 Å². The highest BCUT2D eigenvalue weighted by Gasteiger charge is 2.18. The first-order valence-electron chi connectivity index (χ1n) is 7.10. The number of hydrogen-bond acceptors (Lipinski definition) is 5. The SMILES string of the molecule is CN1CCCCC1CNc1ccc(-n2cnnn2)cc1. The molecule has 0 spiro atoms. The van der Waals surface area contributed by atoms with Crippen molar-refractivity contribution in [3.63, 3.8) is 0 Å². The number of anilines is 1. The van der Waals surface area contributed by atoms with Crippen LogP contribution in [-0.2, 0) is 0 Å². The Hall–Kier alpha value is -1.95. The zero-order valence-electron chi connectivity index (χ0n) is 11.7. The highest BCUT2D eigenvalue weighted by atomic mass is 15.5. The number of likely N-dealkylation sites (tertiary alicyclic amines) is 1. The molecule has 1 aromatic heterocycles. The predicted octanol–water partition coefficient (Wildman–Crippen LogP) is 1.56. The summed E-state index contributed by atoms with van der Waals surface area (Å²) in [6, 6.07) is 8.81. The molecule has 106 valence electrons. The third kappa shape index (κ3) is 2.96. The van der Waals surface area contributed by atoms with Crippen LogP contribution in [0.4, 0.5) is 5.69 Å². The number of rotatable bonds is 4. The molecule has 1 fully saturated rings. The summed E-state index contributed by atoms with van der Waals surface area (Å²) in [4.78, 5) is 2.45. The fourth-order valence-electron chi connectivity index (χ4n) is 2.65. The summed E-state index contributed by atoms with van der Waals surface area (Å²) in [5.74, 6) is 0.